The summed E-state index contributed by atoms with van der Waals surface area (Å²) in [6.45, 7) is 0.608. The topological polar surface area (TPSA) is 82.1 Å². The van der Waals surface area contributed by atoms with Crippen LogP contribution in [0, 0.1) is 5.41 Å². The highest BCUT2D eigenvalue weighted by Crippen LogP contribution is 2.48. The SMILES string of the molecule is COC(=O)CC[C@]1(C(=O)OC)C(=O)C[C@@H]2CC[C@H]1N2Cc1cccc(OC)c1. The third-order valence-corrected chi connectivity index (χ3v) is 6.13. The third-order valence-electron chi connectivity index (χ3n) is 6.13. The number of ether oxygens (including phenoxy) is 3. The maximum Gasteiger partial charge on any atom is 0.320 e. The van der Waals surface area contributed by atoms with Crippen LogP contribution in [0.5, 0.6) is 5.75 Å². The molecule has 0 N–H and O–H groups in total. The molecule has 0 saturated carbocycles. The highest BCUT2D eigenvalue weighted by Gasteiger charge is 2.61. The fourth-order valence-corrected chi connectivity index (χ4v) is 4.73. The Balaban J connectivity index is 1.92. The lowest BCUT2D eigenvalue weighted by molar-refractivity contribution is -0.168. The van der Waals surface area contributed by atoms with E-state index in [9.17, 15) is 14.4 Å². The maximum absolute atomic E-state index is 13.1. The Hall–Kier alpha value is -2.41. The molecule has 1 aromatic rings. The smallest absolute Gasteiger partial charge is 0.320 e. The van der Waals surface area contributed by atoms with Crippen molar-refractivity contribution < 1.29 is 28.6 Å². The first kappa shape index (κ1) is 20.3. The van der Waals surface area contributed by atoms with E-state index in [2.05, 4.69) is 4.90 Å². The van der Waals surface area contributed by atoms with Crippen molar-refractivity contribution in [1.29, 1.82) is 0 Å². The monoisotopic (exact) mass is 389 g/mol. The van der Waals surface area contributed by atoms with Crippen molar-refractivity contribution in [2.75, 3.05) is 21.3 Å². The van der Waals surface area contributed by atoms with Crippen molar-refractivity contribution in [1.82, 2.24) is 4.90 Å². The Labute approximate surface area is 164 Å². The van der Waals surface area contributed by atoms with Gasteiger partial charge in [-0.25, -0.2) is 0 Å². The van der Waals surface area contributed by atoms with Gasteiger partial charge in [0.15, 0.2) is 5.78 Å². The molecule has 28 heavy (non-hydrogen) atoms. The molecule has 2 aliphatic rings. The van der Waals surface area contributed by atoms with Crippen molar-refractivity contribution >= 4 is 17.7 Å². The molecule has 2 bridgehead atoms. The molecule has 0 radical (unpaired) electrons. The molecule has 1 aromatic carbocycles. The van der Waals surface area contributed by atoms with Gasteiger partial charge in [-0.1, -0.05) is 12.1 Å². The summed E-state index contributed by atoms with van der Waals surface area (Å²) in [5, 5.41) is 0. The van der Waals surface area contributed by atoms with E-state index in [1.807, 2.05) is 24.3 Å². The van der Waals surface area contributed by atoms with Crippen LogP contribution in [0.2, 0.25) is 0 Å². The predicted octanol–water partition coefficient (Wildman–Crippen LogP) is 2.11. The highest BCUT2D eigenvalue weighted by atomic mass is 16.5. The molecule has 2 aliphatic heterocycles. The number of Topliss-reactive ketones (excluding diaryl/α,β-unsaturated/α-hetero) is 1. The normalized spacial score (nSPS) is 26.8. The van der Waals surface area contributed by atoms with Crippen LogP contribution in [-0.2, 0) is 30.4 Å². The molecule has 7 nitrogen and oxygen atoms in total. The van der Waals surface area contributed by atoms with Gasteiger partial charge in [0.25, 0.3) is 0 Å². The molecular formula is C21H27NO6. The quantitative estimate of drug-likeness (QED) is 0.522. The second-order valence-electron chi connectivity index (χ2n) is 7.44. The number of nitrogens with zero attached hydrogens (tertiary/aromatic N) is 1. The van der Waals surface area contributed by atoms with Crippen LogP contribution in [0.4, 0.5) is 0 Å². The minimum absolute atomic E-state index is 0.00546. The molecule has 0 spiro atoms. The van der Waals surface area contributed by atoms with Crippen molar-refractivity contribution in [3.63, 3.8) is 0 Å². The summed E-state index contributed by atoms with van der Waals surface area (Å²) >= 11 is 0. The van der Waals surface area contributed by atoms with E-state index in [-0.39, 0.29) is 37.1 Å². The number of ketones is 1. The van der Waals surface area contributed by atoms with Crippen molar-refractivity contribution in [2.24, 2.45) is 5.41 Å². The van der Waals surface area contributed by atoms with Gasteiger partial charge in [-0.2, -0.15) is 0 Å². The fourth-order valence-electron chi connectivity index (χ4n) is 4.73. The summed E-state index contributed by atoms with van der Waals surface area (Å²) in [6, 6.07) is 7.58. The number of fused-ring (bicyclic) bond motifs is 2. The van der Waals surface area contributed by atoms with Crippen LogP contribution >= 0.6 is 0 Å². The van der Waals surface area contributed by atoms with E-state index in [0.29, 0.717) is 6.54 Å². The number of rotatable bonds is 7. The molecule has 0 aromatic heterocycles. The van der Waals surface area contributed by atoms with E-state index in [1.54, 1.807) is 7.11 Å². The minimum atomic E-state index is -1.32. The number of carbonyl (C=O) groups is 3. The van der Waals surface area contributed by atoms with Crippen LogP contribution in [-0.4, -0.2) is 56.0 Å². The molecule has 2 saturated heterocycles. The molecule has 0 unspecified atom stereocenters. The zero-order valence-electron chi connectivity index (χ0n) is 16.6. The first-order valence-corrected chi connectivity index (χ1v) is 9.53. The van der Waals surface area contributed by atoms with Gasteiger partial charge in [0.1, 0.15) is 11.2 Å². The van der Waals surface area contributed by atoms with Gasteiger partial charge in [-0.3, -0.25) is 19.3 Å². The first-order chi connectivity index (χ1) is 13.5. The Morgan fingerprint density at radius 3 is 2.64 bits per heavy atom. The molecule has 3 rings (SSSR count). The Bertz CT molecular complexity index is 763. The van der Waals surface area contributed by atoms with Crippen LogP contribution in [0.25, 0.3) is 0 Å². The van der Waals surface area contributed by atoms with E-state index in [4.69, 9.17) is 14.2 Å². The second kappa shape index (κ2) is 8.31. The Morgan fingerprint density at radius 1 is 1.18 bits per heavy atom. The average Bonchev–Trinajstić information content (AvgIpc) is 3.02. The van der Waals surface area contributed by atoms with Gasteiger partial charge < -0.3 is 14.2 Å². The summed E-state index contributed by atoms with van der Waals surface area (Å²) < 4.78 is 15.1. The maximum atomic E-state index is 13.1. The molecule has 0 amide bonds. The Kier molecular flexibility index (Phi) is 6.03. The fraction of sp³-hybridized carbons (Fsp3) is 0.571. The van der Waals surface area contributed by atoms with Crippen molar-refractivity contribution in [2.45, 2.75) is 50.7 Å². The number of carbonyl (C=O) groups excluding carboxylic acids is 3. The first-order valence-electron chi connectivity index (χ1n) is 9.53. The van der Waals surface area contributed by atoms with Crippen molar-refractivity contribution in [3.8, 4) is 5.75 Å². The van der Waals surface area contributed by atoms with E-state index in [0.717, 1.165) is 24.2 Å². The lowest BCUT2D eigenvalue weighted by Crippen LogP contribution is -2.60. The second-order valence-corrected chi connectivity index (χ2v) is 7.44. The molecule has 152 valence electrons. The van der Waals surface area contributed by atoms with E-state index >= 15 is 0 Å². The van der Waals surface area contributed by atoms with Gasteiger partial charge in [-0.15, -0.1) is 0 Å². The van der Waals surface area contributed by atoms with E-state index < -0.39 is 17.4 Å². The number of hydrogen-bond donors (Lipinski definition) is 0. The zero-order valence-corrected chi connectivity index (χ0v) is 16.6. The molecule has 2 fully saturated rings. The van der Waals surface area contributed by atoms with Gasteiger partial charge >= 0.3 is 11.9 Å². The van der Waals surface area contributed by atoms with Gasteiger partial charge in [-0.05, 0) is 37.0 Å². The van der Waals surface area contributed by atoms with Crippen molar-refractivity contribution in [3.05, 3.63) is 29.8 Å². The molecule has 0 aliphatic carbocycles. The van der Waals surface area contributed by atoms with Crippen LogP contribution in [0.3, 0.4) is 0 Å². The standard InChI is InChI=1S/C21H27NO6/c1-26-16-6-4-5-14(11-16)13-22-15-7-8-17(22)21(18(23)12-15,20(25)28-3)10-9-19(24)27-2/h4-6,11,15,17H,7-10,12-13H2,1-3H3/t15-,17+,21+/m0/s1. The Morgan fingerprint density at radius 2 is 1.96 bits per heavy atom. The number of piperidine rings is 1. The summed E-state index contributed by atoms with van der Waals surface area (Å²) in [5.41, 5.74) is -0.272. The lowest BCUT2D eigenvalue weighted by atomic mass is 9.69. The largest absolute Gasteiger partial charge is 0.497 e. The molecule has 3 atom stereocenters. The third kappa shape index (κ3) is 3.51. The summed E-state index contributed by atoms with van der Waals surface area (Å²) in [5.74, 6) is -0.349. The molecular weight excluding hydrogens is 362 g/mol. The average molecular weight is 389 g/mol. The van der Waals surface area contributed by atoms with Crippen LogP contribution < -0.4 is 4.74 Å². The van der Waals surface area contributed by atoms with Crippen LogP contribution in [0.15, 0.2) is 24.3 Å². The predicted molar refractivity (Wildman–Crippen MR) is 101 cm³/mol. The van der Waals surface area contributed by atoms with Crippen LogP contribution in [0.1, 0.15) is 37.7 Å². The summed E-state index contributed by atoms with van der Waals surface area (Å²) in [6.07, 6.45) is 1.97. The lowest BCUT2D eigenvalue weighted by Gasteiger charge is -2.45. The minimum Gasteiger partial charge on any atom is -0.497 e. The van der Waals surface area contributed by atoms with Gasteiger partial charge in [0, 0.05) is 31.5 Å². The highest BCUT2D eigenvalue weighted by molar-refractivity contribution is 6.06. The number of methoxy groups -OCH3 is 3. The van der Waals surface area contributed by atoms with Gasteiger partial charge in [0.2, 0.25) is 0 Å². The summed E-state index contributed by atoms with van der Waals surface area (Å²) in [7, 11) is 4.22. The molecule has 7 heteroatoms. The molecule has 2 heterocycles. The number of esters is 2. The van der Waals surface area contributed by atoms with E-state index in [1.165, 1.54) is 14.2 Å². The zero-order chi connectivity index (χ0) is 20.3. The number of hydrogen-bond acceptors (Lipinski definition) is 7. The number of benzene rings is 1. The van der Waals surface area contributed by atoms with Gasteiger partial charge in [0.05, 0.1) is 21.3 Å². The summed E-state index contributed by atoms with van der Waals surface area (Å²) in [4.78, 5) is 39.9.